The predicted octanol–water partition coefficient (Wildman–Crippen LogP) is 2.51. The maximum atomic E-state index is 12.1. The molecular formula is C18H19N3O2. The van der Waals surface area contributed by atoms with Crippen LogP contribution in [0.25, 0.3) is 5.65 Å². The lowest BCUT2D eigenvalue weighted by Gasteiger charge is -2.08. The number of nitrogens with zero attached hydrogens (tertiary/aromatic N) is 2. The number of pyridine rings is 1. The van der Waals surface area contributed by atoms with Crippen molar-refractivity contribution in [3.8, 4) is 5.75 Å². The van der Waals surface area contributed by atoms with Gasteiger partial charge in [-0.25, -0.2) is 4.98 Å². The summed E-state index contributed by atoms with van der Waals surface area (Å²) in [5, 5.41) is 2.91. The lowest BCUT2D eigenvalue weighted by Crippen LogP contribution is -2.24. The van der Waals surface area contributed by atoms with Crippen LogP contribution in [0.5, 0.6) is 5.75 Å². The zero-order valence-electron chi connectivity index (χ0n) is 13.2. The topological polar surface area (TPSA) is 55.6 Å². The Balaban J connectivity index is 1.64. The molecule has 0 bridgehead atoms. The van der Waals surface area contributed by atoms with Gasteiger partial charge in [0.25, 0.3) is 0 Å². The summed E-state index contributed by atoms with van der Waals surface area (Å²) in [6.45, 7) is 2.46. The first-order valence-electron chi connectivity index (χ1n) is 7.48. The first-order chi connectivity index (χ1) is 11.2. The Morgan fingerprint density at radius 2 is 2.13 bits per heavy atom. The quantitative estimate of drug-likeness (QED) is 0.788. The number of hydrogen-bond donors (Lipinski definition) is 1. The number of fused-ring (bicyclic) bond motifs is 1. The molecule has 0 radical (unpaired) electrons. The summed E-state index contributed by atoms with van der Waals surface area (Å²) >= 11 is 0. The van der Waals surface area contributed by atoms with Crippen molar-refractivity contribution in [3.05, 3.63) is 65.6 Å². The summed E-state index contributed by atoms with van der Waals surface area (Å²) < 4.78 is 7.21. The molecule has 3 aromatic rings. The molecule has 1 aromatic carbocycles. The lowest BCUT2D eigenvalue weighted by atomic mass is 10.2. The van der Waals surface area contributed by atoms with Crippen LogP contribution in [0.3, 0.4) is 0 Å². The predicted molar refractivity (Wildman–Crippen MR) is 88.5 cm³/mol. The van der Waals surface area contributed by atoms with E-state index in [4.69, 9.17) is 4.74 Å². The van der Waals surface area contributed by atoms with Crippen LogP contribution in [0.15, 0.2) is 48.8 Å². The molecule has 0 aliphatic rings. The van der Waals surface area contributed by atoms with Crippen molar-refractivity contribution in [2.75, 3.05) is 7.11 Å². The van der Waals surface area contributed by atoms with Gasteiger partial charge in [0.05, 0.1) is 19.2 Å². The molecule has 0 unspecified atom stereocenters. The number of rotatable bonds is 5. The first kappa shape index (κ1) is 15.1. The summed E-state index contributed by atoms with van der Waals surface area (Å²) in [4.78, 5) is 16.6. The molecule has 0 aliphatic carbocycles. The third kappa shape index (κ3) is 3.51. The normalized spacial score (nSPS) is 10.7. The second kappa shape index (κ2) is 6.52. The number of benzene rings is 1. The fourth-order valence-electron chi connectivity index (χ4n) is 2.49. The van der Waals surface area contributed by atoms with Crippen LogP contribution in [0.1, 0.15) is 16.8 Å². The van der Waals surface area contributed by atoms with E-state index in [0.717, 1.165) is 28.2 Å². The minimum absolute atomic E-state index is 0.0592. The van der Waals surface area contributed by atoms with Gasteiger partial charge < -0.3 is 14.5 Å². The molecule has 23 heavy (non-hydrogen) atoms. The molecule has 3 rings (SSSR count). The Morgan fingerprint density at radius 3 is 2.96 bits per heavy atom. The number of aryl methyl sites for hydroxylation is 1. The zero-order chi connectivity index (χ0) is 16.2. The Bertz CT molecular complexity index is 839. The third-order valence-electron chi connectivity index (χ3n) is 3.68. The number of aromatic nitrogens is 2. The fraction of sp³-hybridized carbons (Fsp3) is 0.222. The summed E-state index contributed by atoms with van der Waals surface area (Å²) in [5.41, 5.74) is 3.72. The maximum Gasteiger partial charge on any atom is 0.226 e. The standard InChI is InChI=1S/C18H19N3O2/c1-13-7-8-21-12-15(20-17(21)9-13)10-18(22)19-11-14-5-3-4-6-16(14)23-2/h3-9,12H,10-11H2,1-2H3,(H,19,22). The van der Waals surface area contributed by atoms with E-state index < -0.39 is 0 Å². The van der Waals surface area contributed by atoms with Gasteiger partial charge in [0, 0.05) is 24.5 Å². The van der Waals surface area contributed by atoms with Crippen LogP contribution in [-0.4, -0.2) is 22.4 Å². The first-order valence-corrected chi connectivity index (χ1v) is 7.48. The minimum Gasteiger partial charge on any atom is -0.496 e. The van der Waals surface area contributed by atoms with Crippen LogP contribution in [0.2, 0.25) is 0 Å². The van der Waals surface area contributed by atoms with Crippen molar-refractivity contribution >= 4 is 11.6 Å². The monoisotopic (exact) mass is 309 g/mol. The largest absolute Gasteiger partial charge is 0.496 e. The molecule has 1 N–H and O–H groups in total. The van der Waals surface area contributed by atoms with Crippen LogP contribution in [0.4, 0.5) is 0 Å². The number of hydrogen-bond acceptors (Lipinski definition) is 3. The number of ether oxygens (including phenoxy) is 1. The summed E-state index contributed by atoms with van der Waals surface area (Å²) in [7, 11) is 1.62. The number of nitrogens with one attached hydrogen (secondary N) is 1. The third-order valence-corrected chi connectivity index (χ3v) is 3.68. The Labute approximate surface area is 134 Å². The van der Waals surface area contributed by atoms with E-state index >= 15 is 0 Å². The summed E-state index contributed by atoms with van der Waals surface area (Å²) in [5.74, 6) is 0.715. The van der Waals surface area contributed by atoms with Gasteiger partial charge in [-0.05, 0) is 30.7 Å². The second-order valence-corrected chi connectivity index (χ2v) is 5.47. The minimum atomic E-state index is -0.0592. The number of para-hydroxylation sites is 1. The number of carbonyl (C=O) groups is 1. The van der Waals surface area contributed by atoms with Crippen LogP contribution in [0, 0.1) is 6.92 Å². The van der Waals surface area contributed by atoms with Gasteiger partial charge in [-0.3, -0.25) is 4.79 Å². The molecule has 1 amide bonds. The molecule has 0 atom stereocenters. The molecular weight excluding hydrogens is 290 g/mol. The van der Waals surface area contributed by atoms with Crippen molar-refractivity contribution in [3.63, 3.8) is 0 Å². The van der Waals surface area contributed by atoms with Crippen molar-refractivity contribution in [2.24, 2.45) is 0 Å². The molecule has 2 heterocycles. The van der Waals surface area contributed by atoms with Gasteiger partial charge in [-0.15, -0.1) is 0 Å². The Morgan fingerprint density at radius 1 is 1.30 bits per heavy atom. The van der Waals surface area contributed by atoms with Crippen molar-refractivity contribution < 1.29 is 9.53 Å². The molecule has 2 aromatic heterocycles. The summed E-state index contributed by atoms with van der Waals surface area (Å²) in [6.07, 6.45) is 4.10. The second-order valence-electron chi connectivity index (χ2n) is 5.47. The highest BCUT2D eigenvalue weighted by Crippen LogP contribution is 2.16. The molecule has 0 fully saturated rings. The number of methoxy groups -OCH3 is 1. The van der Waals surface area contributed by atoms with E-state index in [1.807, 2.05) is 60.1 Å². The van der Waals surface area contributed by atoms with E-state index in [-0.39, 0.29) is 12.3 Å². The number of amides is 1. The van der Waals surface area contributed by atoms with Gasteiger partial charge in [-0.1, -0.05) is 18.2 Å². The van der Waals surface area contributed by atoms with E-state index in [1.165, 1.54) is 0 Å². The SMILES string of the molecule is COc1ccccc1CNC(=O)Cc1cn2ccc(C)cc2n1. The zero-order valence-corrected chi connectivity index (χ0v) is 13.2. The molecule has 118 valence electrons. The van der Waals surface area contributed by atoms with Crippen molar-refractivity contribution in [1.29, 1.82) is 0 Å². The van der Waals surface area contributed by atoms with E-state index in [0.29, 0.717) is 6.54 Å². The van der Waals surface area contributed by atoms with Crippen LogP contribution in [-0.2, 0) is 17.8 Å². The Hall–Kier alpha value is -2.82. The van der Waals surface area contributed by atoms with Crippen LogP contribution < -0.4 is 10.1 Å². The Kier molecular flexibility index (Phi) is 4.28. The fourth-order valence-corrected chi connectivity index (χ4v) is 2.49. The number of carbonyl (C=O) groups excluding carboxylic acids is 1. The highest BCUT2D eigenvalue weighted by atomic mass is 16.5. The van der Waals surface area contributed by atoms with E-state index in [2.05, 4.69) is 10.3 Å². The van der Waals surface area contributed by atoms with Crippen molar-refractivity contribution in [1.82, 2.24) is 14.7 Å². The van der Waals surface area contributed by atoms with Crippen LogP contribution >= 0.6 is 0 Å². The lowest BCUT2D eigenvalue weighted by molar-refractivity contribution is -0.120. The van der Waals surface area contributed by atoms with Crippen molar-refractivity contribution in [2.45, 2.75) is 19.9 Å². The van der Waals surface area contributed by atoms with E-state index in [9.17, 15) is 4.79 Å². The highest BCUT2D eigenvalue weighted by Gasteiger charge is 2.09. The molecule has 5 nitrogen and oxygen atoms in total. The van der Waals surface area contributed by atoms with Gasteiger partial charge >= 0.3 is 0 Å². The smallest absolute Gasteiger partial charge is 0.226 e. The van der Waals surface area contributed by atoms with Gasteiger partial charge in [-0.2, -0.15) is 0 Å². The average molecular weight is 309 g/mol. The molecule has 0 saturated carbocycles. The molecule has 0 spiro atoms. The van der Waals surface area contributed by atoms with Gasteiger partial charge in [0.2, 0.25) is 5.91 Å². The maximum absolute atomic E-state index is 12.1. The molecule has 5 heteroatoms. The molecule has 0 saturated heterocycles. The molecule has 0 aliphatic heterocycles. The van der Waals surface area contributed by atoms with E-state index in [1.54, 1.807) is 7.11 Å². The highest BCUT2D eigenvalue weighted by molar-refractivity contribution is 5.78. The average Bonchev–Trinajstić information content (AvgIpc) is 2.94. The summed E-state index contributed by atoms with van der Waals surface area (Å²) in [6, 6.07) is 11.7. The van der Waals surface area contributed by atoms with Gasteiger partial charge in [0.1, 0.15) is 11.4 Å². The van der Waals surface area contributed by atoms with Gasteiger partial charge in [0.15, 0.2) is 0 Å². The number of imidazole rings is 1.